The van der Waals surface area contributed by atoms with E-state index < -0.39 is 0 Å². The maximum atomic E-state index is 11.4. The van der Waals surface area contributed by atoms with E-state index in [9.17, 15) is 4.79 Å². The summed E-state index contributed by atoms with van der Waals surface area (Å²) in [7, 11) is 1.34. The molecule has 2 rings (SSSR count). The second-order valence-corrected chi connectivity index (χ2v) is 3.77. The van der Waals surface area contributed by atoms with Crippen LogP contribution in [-0.2, 0) is 17.8 Å². The second-order valence-electron chi connectivity index (χ2n) is 3.77. The molecular weight excluding hydrogens is 236 g/mol. The van der Waals surface area contributed by atoms with Gasteiger partial charge in [0.05, 0.1) is 19.3 Å². The molecule has 0 radical (unpaired) electrons. The Kier molecular flexibility index (Phi) is 3.78. The first-order valence-electron chi connectivity index (χ1n) is 5.48. The topological polar surface area (TPSA) is 77.5 Å². The van der Waals surface area contributed by atoms with Crippen molar-refractivity contribution in [1.82, 2.24) is 10.5 Å². The van der Waals surface area contributed by atoms with Gasteiger partial charge in [0.1, 0.15) is 23.3 Å². The average molecular weight is 250 g/mol. The zero-order chi connectivity index (χ0) is 13.0. The van der Waals surface area contributed by atoms with Gasteiger partial charge in [-0.1, -0.05) is 5.16 Å². The standard InChI is InChI=1S/C12H14N2O4/c1-8-11(12(15)16-2)5-10(18-8)7-13-6-9-3-4-17-14-9/h3-5,13H,6-7H2,1-2H3. The highest BCUT2D eigenvalue weighted by Crippen LogP contribution is 2.15. The van der Waals surface area contributed by atoms with Gasteiger partial charge in [-0.2, -0.15) is 0 Å². The molecule has 6 heteroatoms. The van der Waals surface area contributed by atoms with Crippen LogP contribution in [-0.4, -0.2) is 18.2 Å². The van der Waals surface area contributed by atoms with E-state index in [1.54, 1.807) is 19.1 Å². The molecule has 2 aromatic heterocycles. The Labute approximate surface area is 104 Å². The summed E-state index contributed by atoms with van der Waals surface area (Å²) in [5.74, 6) is 0.843. The minimum Gasteiger partial charge on any atom is -0.465 e. The van der Waals surface area contributed by atoms with E-state index in [0.717, 1.165) is 5.69 Å². The summed E-state index contributed by atoms with van der Waals surface area (Å²) in [6.07, 6.45) is 1.52. The molecule has 0 aliphatic carbocycles. The molecule has 18 heavy (non-hydrogen) atoms. The SMILES string of the molecule is COC(=O)c1cc(CNCc2ccon2)oc1C. The van der Waals surface area contributed by atoms with Gasteiger partial charge in [0.2, 0.25) is 0 Å². The third kappa shape index (κ3) is 2.78. The lowest BCUT2D eigenvalue weighted by Crippen LogP contribution is -2.12. The van der Waals surface area contributed by atoms with Gasteiger partial charge in [-0.05, 0) is 13.0 Å². The summed E-state index contributed by atoms with van der Waals surface area (Å²) in [6, 6.07) is 3.46. The molecule has 1 N–H and O–H groups in total. The van der Waals surface area contributed by atoms with Gasteiger partial charge >= 0.3 is 5.97 Å². The monoisotopic (exact) mass is 250 g/mol. The number of hydrogen-bond acceptors (Lipinski definition) is 6. The van der Waals surface area contributed by atoms with Crippen LogP contribution in [0.1, 0.15) is 27.6 Å². The van der Waals surface area contributed by atoms with Crippen molar-refractivity contribution in [3.8, 4) is 0 Å². The molecule has 0 atom stereocenters. The minimum atomic E-state index is -0.390. The molecule has 96 valence electrons. The fraction of sp³-hybridized carbons (Fsp3) is 0.333. The van der Waals surface area contributed by atoms with Crippen molar-refractivity contribution in [3.05, 3.63) is 41.2 Å². The first-order valence-corrected chi connectivity index (χ1v) is 5.48. The van der Waals surface area contributed by atoms with E-state index in [1.807, 2.05) is 0 Å². The molecule has 0 bridgehead atoms. The van der Waals surface area contributed by atoms with Gasteiger partial charge < -0.3 is 19.0 Å². The lowest BCUT2D eigenvalue weighted by molar-refractivity contribution is 0.0599. The highest BCUT2D eigenvalue weighted by Gasteiger charge is 2.14. The zero-order valence-corrected chi connectivity index (χ0v) is 10.2. The van der Waals surface area contributed by atoms with Crippen molar-refractivity contribution in [2.75, 3.05) is 7.11 Å². The fourth-order valence-corrected chi connectivity index (χ4v) is 1.59. The summed E-state index contributed by atoms with van der Waals surface area (Å²) >= 11 is 0. The smallest absolute Gasteiger partial charge is 0.341 e. The van der Waals surface area contributed by atoms with Crippen molar-refractivity contribution >= 4 is 5.97 Å². The van der Waals surface area contributed by atoms with Crippen molar-refractivity contribution in [2.24, 2.45) is 0 Å². The van der Waals surface area contributed by atoms with Crippen LogP contribution in [0.5, 0.6) is 0 Å². The molecule has 2 aromatic rings. The molecule has 0 unspecified atom stereocenters. The van der Waals surface area contributed by atoms with Crippen molar-refractivity contribution < 1.29 is 18.5 Å². The van der Waals surface area contributed by atoms with E-state index in [0.29, 0.717) is 30.2 Å². The number of aryl methyl sites for hydroxylation is 1. The first kappa shape index (κ1) is 12.4. The predicted molar refractivity (Wildman–Crippen MR) is 61.8 cm³/mol. The first-order chi connectivity index (χ1) is 8.70. The summed E-state index contributed by atoms with van der Waals surface area (Å²) in [5.41, 5.74) is 1.27. The number of nitrogens with zero attached hydrogens (tertiary/aromatic N) is 1. The third-order valence-electron chi connectivity index (χ3n) is 2.47. The quantitative estimate of drug-likeness (QED) is 0.813. The maximum absolute atomic E-state index is 11.4. The molecule has 0 saturated heterocycles. The molecular formula is C12H14N2O4. The second kappa shape index (κ2) is 5.50. The van der Waals surface area contributed by atoms with Crippen LogP contribution in [0, 0.1) is 6.92 Å². The number of esters is 1. The number of ether oxygens (including phenoxy) is 1. The van der Waals surface area contributed by atoms with Crippen LogP contribution in [0.2, 0.25) is 0 Å². The number of nitrogens with one attached hydrogen (secondary N) is 1. The van der Waals surface area contributed by atoms with Gasteiger partial charge in [0.25, 0.3) is 0 Å². The maximum Gasteiger partial charge on any atom is 0.341 e. The largest absolute Gasteiger partial charge is 0.465 e. The summed E-state index contributed by atoms with van der Waals surface area (Å²) in [5, 5.41) is 6.90. The van der Waals surface area contributed by atoms with Gasteiger partial charge in [0.15, 0.2) is 0 Å². The highest BCUT2D eigenvalue weighted by molar-refractivity contribution is 5.90. The highest BCUT2D eigenvalue weighted by atomic mass is 16.5. The molecule has 0 fully saturated rings. The predicted octanol–water partition coefficient (Wildman–Crippen LogP) is 1.65. The average Bonchev–Trinajstić information content (AvgIpc) is 2.98. The molecule has 0 spiro atoms. The normalized spacial score (nSPS) is 10.6. The lowest BCUT2D eigenvalue weighted by Gasteiger charge is -1.98. The van der Waals surface area contributed by atoms with Crippen molar-refractivity contribution in [2.45, 2.75) is 20.0 Å². The number of aromatic nitrogens is 1. The zero-order valence-electron chi connectivity index (χ0n) is 10.2. The number of rotatable bonds is 5. The Hall–Kier alpha value is -2.08. The van der Waals surface area contributed by atoms with Gasteiger partial charge in [-0.3, -0.25) is 0 Å². The van der Waals surface area contributed by atoms with E-state index in [-0.39, 0.29) is 5.97 Å². The summed E-state index contributed by atoms with van der Waals surface area (Å²) in [4.78, 5) is 11.4. The molecule has 2 heterocycles. The van der Waals surface area contributed by atoms with Crippen molar-refractivity contribution in [3.63, 3.8) is 0 Å². The minimum absolute atomic E-state index is 0.390. The molecule has 0 amide bonds. The van der Waals surface area contributed by atoms with Crippen LogP contribution in [0.25, 0.3) is 0 Å². The molecule has 6 nitrogen and oxygen atoms in total. The number of furan rings is 1. The summed E-state index contributed by atoms with van der Waals surface area (Å²) in [6.45, 7) is 2.81. The van der Waals surface area contributed by atoms with Crippen LogP contribution in [0.15, 0.2) is 27.3 Å². The van der Waals surface area contributed by atoms with Gasteiger partial charge in [0, 0.05) is 12.6 Å². The van der Waals surface area contributed by atoms with Crippen LogP contribution in [0.3, 0.4) is 0 Å². The van der Waals surface area contributed by atoms with E-state index in [1.165, 1.54) is 13.4 Å². The Morgan fingerprint density at radius 2 is 2.33 bits per heavy atom. The number of methoxy groups -OCH3 is 1. The van der Waals surface area contributed by atoms with E-state index >= 15 is 0 Å². The molecule has 0 aromatic carbocycles. The van der Waals surface area contributed by atoms with Crippen LogP contribution < -0.4 is 5.32 Å². The van der Waals surface area contributed by atoms with E-state index in [4.69, 9.17) is 8.94 Å². The lowest BCUT2D eigenvalue weighted by atomic mass is 10.2. The van der Waals surface area contributed by atoms with Crippen molar-refractivity contribution in [1.29, 1.82) is 0 Å². The van der Waals surface area contributed by atoms with Crippen LogP contribution >= 0.6 is 0 Å². The Morgan fingerprint density at radius 1 is 1.50 bits per heavy atom. The third-order valence-corrected chi connectivity index (χ3v) is 2.47. The van der Waals surface area contributed by atoms with Gasteiger partial charge in [-0.25, -0.2) is 4.79 Å². The number of carbonyl (C=O) groups excluding carboxylic acids is 1. The Balaban J connectivity index is 1.92. The number of carbonyl (C=O) groups is 1. The summed E-state index contributed by atoms with van der Waals surface area (Å²) < 4.78 is 14.8. The van der Waals surface area contributed by atoms with E-state index in [2.05, 4.69) is 15.2 Å². The Morgan fingerprint density at radius 3 is 3.00 bits per heavy atom. The molecule has 0 aliphatic rings. The Bertz CT molecular complexity index is 516. The fourth-order valence-electron chi connectivity index (χ4n) is 1.59. The van der Waals surface area contributed by atoms with Gasteiger partial charge in [-0.15, -0.1) is 0 Å². The van der Waals surface area contributed by atoms with Crippen LogP contribution in [0.4, 0.5) is 0 Å². The molecule has 0 saturated carbocycles. The molecule has 0 aliphatic heterocycles. The number of hydrogen-bond donors (Lipinski definition) is 1.